The Bertz CT molecular complexity index is 1540. The van der Waals surface area contributed by atoms with Gasteiger partial charge in [-0.25, -0.2) is 9.78 Å². The zero-order valence-corrected chi connectivity index (χ0v) is 24.0. The Kier molecular flexibility index (Phi) is 6.79. The number of nitriles is 1. The average molecular weight is 570 g/mol. The summed E-state index contributed by atoms with van der Waals surface area (Å²) in [6.45, 7) is 6.77. The number of rotatable bonds is 9. The Balaban J connectivity index is 0.986. The van der Waals surface area contributed by atoms with Crippen molar-refractivity contribution in [1.82, 2.24) is 9.88 Å². The number of furan rings is 1. The fraction of sp³-hybridized carbons (Fsp3) is 0.469. The number of carbonyl (C=O) groups is 1. The lowest BCUT2D eigenvalue weighted by molar-refractivity contribution is -0.0455. The Labute approximate surface area is 245 Å². The van der Waals surface area contributed by atoms with Gasteiger partial charge in [0.05, 0.1) is 30.5 Å². The highest BCUT2D eigenvalue weighted by atomic mass is 16.5. The molecule has 0 radical (unpaired) electrons. The van der Waals surface area contributed by atoms with Crippen LogP contribution in [-0.2, 0) is 21.5 Å². The first kappa shape index (κ1) is 26.8. The van der Waals surface area contributed by atoms with E-state index in [0.29, 0.717) is 29.9 Å². The summed E-state index contributed by atoms with van der Waals surface area (Å²) in [7, 11) is 1.36. The minimum Gasteiger partial charge on any atom is -0.473 e. The summed E-state index contributed by atoms with van der Waals surface area (Å²) in [5.74, 6) is 1.62. The number of fused-ring (bicyclic) bond motifs is 2. The third-order valence-electron chi connectivity index (χ3n) is 9.35. The average Bonchev–Trinajstić information content (AvgIpc) is 3.45. The summed E-state index contributed by atoms with van der Waals surface area (Å²) in [4.78, 5) is 21.7. The van der Waals surface area contributed by atoms with Gasteiger partial charge in [-0.15, -0.1) is 0 Å². The van der Waals surface area contributed by atoms with E-state index in [0.717, 1.165) is 74.6 Å². The molecule has 3 aliphatic heterocycles. The second-order valence-corrected chi connectivity index (χ2v) is 11.9. The maximum absolute atomic E-state index is 12.0. The molecule has 1 aromatic carbocycles. The second kappa shape index (κ2) is 10.6. The van der Waals surface area contributed by atoms with Crippen LogP contribution in [0.25, 0.3) is 0 Å². The van der Waals surface area contributed by atoms with Gasteiger partial charge in [-0.3, -0.25) is 4.90 Å². The molecule has 4 unspecified atom stereocenters. The number of aromatic nitrogens is 1. The van der Waals surface area contributed by atoms with Crippen LogP contribution in [0.15, 0.2) is 46.9 Å². The number of nitrogens with one attached hydrogen (secondary N) is 1. The Hall–Kier alpha value is -4.07. The molecule has 0 amide bonds. The highest BCUT2D eigenvalue weighted by Crippen LogP contribution is 2.59. The molecule has 3 fully saturated rings. The molecule has 7 rings (SSSR count). The van der Waals surface area contributed by atoms with Crippen LogP contribution in [0.1, 0.15) is 52.2 Å². The van der Waals surface area contributed by atoms with Crippen LogP contribution >= 0.6 is 0 Å². The largest absolute Gasteiger partial charge is 0.473 e. The molecule has 3 aromatic rings. The molecule has 5 heterocycles. The maximum Gasteiger partial charge on any atom is 0.374 e. The standard InChI is InChI=1S/C32H35N5O5/c1-20-12-21(15-33)6-7-22(20)19-41-29-5-3-4-27(35-29)32-9-10-36(16-23(32)14-32)18-28-34-25-13-26(31(38)39-2)42-30(25)37(28)17-24-8-11-40-24/h3-7,12-13,23-24,28,34H,8-11,14,16-19H2,1-2H3. The van der Waals surface area contributed by atoms with Gasteiger partial charge in [0.15, 0.2) is 0 Å². The molecular weight excluding hydrogens is 534 g/mol. The van der Waals surface area contributed by atoms with Gasteiger partial charge in [-0.1, -0.05) is 12.1 Å². The number of methoxy groups -OCH3 is 1. The zero-order chi connectivity index (χ0) is 28.8. The number of esters is 1. The lowest BCUT2D eigenvalue weighted by Crippen LogP contribution is -2.51. The first-order valence-electron chi connectivity index (χ1n) is 14.6. The van der Waals surface area contributed by atoms with E-state index in [2.05, 4.69) is 27.3 Å². The number of benzene rings is 1. The summed E-state index contributed by atoms with van der Waals surface area (Å²) in [6.07, 6.45) is 3.43. The Morgan fingerprint density at radius 3 is 2.88 bits per heavy atom. The minimum absolute atomic E-state index is 0.0430. The van der Waals surface area contributed by atoms with E-state index in [1.54, 1.807) is 6.07 Å². The first-order chi connectivity index (χ1) is 20.5. The van der Waals surface area contributed by atoms with E-state index < -0.39 is 5.97 Å². The van der Waals surface area contributed by atoms with Crippen molar-refractivity contribution >= 4 is 17.5 Å². The molecule has 42 heavy (non-hydrogen) atoms. The smallest absolute Gasteiger partial charge is 0.374 e. The van der Waals surface area contributed by atoms with Crippen molar-refractivity contribution in [3.05, 3.63) is 70.6 Å². The third-order valence-corrected chi connectivity index (χ3v) is 9.35. The fourth-order valence-corrected chi connectivity index (χ4v) is 6.69. The van der Waals surface area contributed by atoms with Crippen molar-refractivity contribution in [1.29, 1.82) is 5.26 Å². The summed E-state index contributed by atoms with van der Waals surface area (Å²) < 4.78 is 22.6. The number of pyridine rings is 1. The normalized spacial score (nSPS) is 25.9. The van der Waals surface area contributed by atoms with E-state index in [9.17, 15) is 4.79 Å². The van der Waals surface area contributed by atoms with Crippen molar-refractivity contribution in [3.63, 3.8) is 0 Å². The number of hydrogen-bond acceptors (Lipinski definition) is 10. The first-order valence-corrected chi connectivity index (χ1v) is 14.6. The molecule has 10 nitrogen and oxygen atoms in total. The van der Waals surface area contributed by atoms with Gasteiger partial charge in [0.25, 0.3) is 0 Å². The quantitative estimate of drug-likeness (QED) is 0.376. The van der Waals surface area contributed by atoms with Gasteiger partial charge in [-0.2, -0.15) is 5.26 Å². The number of carbonyl (C=O) groups excluding carboxylic acids is 1. The van der Waals surface area contributed by atoms with Crippen LogP contribution in [0.2, 0.25) is 0 Å². The molecule has 0 spiro atoms. The molecule has 1 saturated carbocycles. The molecule has 1 N–H and O–H groups in total. The van der Waals surface area contributed by atoms with Crippen LogP contribution in [0.3, 0.4) is 0 Å². The SMILES string of the molecule is COC(=O)c1cc2c(o1)N(CC1CCO1)C(CN1CCC3(c4cccc(OCc5ccc(C#N)cc5C)n4)CC3C1)N2. The predicted molar refractivity (Wildman–Crippen MR) is 154 cm³/mol. The number of likely N-dealkylation sites (tertiary alicyclic amines) is 1. The molecule has 2 saturated heterocycles. The number of aryl methyl sites for hydroxylation is 1. The topological polar surface area (TPSA) is 113 Å². The van der Waals surface area contributed by atoms with E-state index in [1.807, 2.05) is 37.3 Å². The highest BCUT2D eigenvalue weighted by molar-refractivity contribution is 5.90. The van der Waals surface area contributed by atoms with Crippen LogP contribution < -0.4 is 15.0 Å². The van der Waals surface area contributed by atoms with Crippen LogP contribution in [0.4, 0.5) is 11.6 Å². The Morgan fingerprint density at radius 2 is 2.14 bits per heavy atom. The van der Waals surface area contributed by atoms with Gasteiger partial charge in [0.1, 0.15) is 18.5 Å². The van der Waals surface area contributed by atoms with Gasteiger partial charge in [0.2, 0.25) is 17.5 Å². The minimum atomic E-state index is -0.476. The maximum atomic E-state index is 12.0. The van der Waals surface area contributed by atoms with Gasteiger partial charge in [0, 0.05) is 43.8 Å². The Morgan fingerprint density at radius 1 is 1.26 bits per heavy atom. The molecular formula is C32H35N5O5. The van der Waals surface area contributed by atoms with Crippen molar-refractivity contribution in [2.45, 2.75) is 50.5 Å². The number of piperidine rings is 1. The summed E-state index contributed by atoms with van der Waals surface area (Å²) in [6, 6.07) is 15.7. The molecule has 0 bridgehead atoms. The van der Waals surface area contributed by atoms with Gasteiger partial charge >= 0.3 is 5.97 Å². The number of anilines is 2. The van der Waals surface area contributed by atoms with Gasteiger partial charge < -0.3 is 28.8 Å². The van der Waals surface area contributed by atoms with E-state index in [4.69, 9.17) is 28.9 Å². The molecule has 218 valence electrons. The fourth-order valence-electron chi connectivity index (χ4n) is 6.69. The summed E-state index contributed by atoms with van der Waals surface area (Å²) in [5, 5.41) is 12.7. The molecule has 10 heteroatoms. The number of hydrogen-bond donors (Lipinski definition) is 1. The number of ether oxygens (including phenoxy) is 3. The van der Waals surface area contributed by atoms with Gasteiger partial charge in [-0.05, 0) is 68.0 Å². The van der Waals surface area contributed by atoms with Crippen LogP contribution in [0, 0.1) is 24.2 Å². The molecule has 4 aliphatic rings. The third kappa shape index (κ3) is 4.86. The van der Waals surface area contributed by atoms with Crippen LogP contribution in [0.5, 0.6) is 5.88 Å². The monoisotopic (exact) mass is 569 g/mol. The van der Waals surface area contributed by atoms with Crippen molar-refractivity contribution in [2.24, 2.45) is 5.92 Å². The molecule has 1 aliphatic carbocycles. The number of nitrogens with zero attached hydrogens (tertiary/aromatic N) is 4. The van der Waals surface area contributed by atoms with Crippen LogP contribution in [-0.4, -0.2) is 68.0 Å². The molecule has 4 atom stereocenters. The van der Waals surface area contributed by atoms with E-state index in [1.165, 1.54) is 7.11 Å². The lowest BCUT2D eigenvalue weighted by atomic mass is 9.91. The van der Waals surface area contributed by atoms with Crippen molar-refractivity contribution in [3.8, 4) is 11.9 Å². The van der Waals surface area contributed by atoms with Crippen molar-refractivity contribution < 1.29 is 23.4 Å². The van der Waals surface area contributed by atoms with Crippen molar-refractivity contribution in [2.75, 3.05) is 50.1 Å². The second-order valence-electron chi connectivity index (χ2n) is 11.9. The molecule has 2 aromatic heterocycles. The van der Waals surface area contributed by atoms with E-state index in [-0.39, 0.29) is 23.4 Å². The zero-order valence-electron chi connectivity index (χ0n) is 24.0. The highest BCUT2D eigenvalue weighted by Gasteiger charge is 2.58. The predicted octanol–water partition coefficient (Wildman–Crippen LogP) is 4.23. The summed E-state index contributed by atoms with van der Waals surface area (Å²) in [5.41, 5.74) is 4.82. The summed E-state index contributed by atoms with van der Waals surface area (Å²) >= 11 is 0. The lowest BCUT2D eigenvalue weighted by Gasteiger charge is -2.38. The van der Waals surface area contributed by atoms with E-state index >= 15 is 0 Å².